The first-order valence-electron chi connectivity index (χ1n) is 15.9. The Morgan fingerprint density at radius 3 is 2.42 bits per heavy atom. The molecule has 1 saturated carbocycles. The second-order valence-corrected chi connectivity index (χ2v) is 12.4. The Hall–Kier alpha value is -3.88. The molecule has 1 aliphatic carbocycles. The lowest BCUT2D eigenvalue weighted by atomic mass is 9.90. The van der Waals surface area contributed by atoms with Crippen molar-refractivity contribution in [1.29, 1.82) is 5.26 Å². The van der Waals surface area contributed by atoms with E-state index >= 15 is 0 Å². The van der Waals surface area contributed by atoms with Crippen LogP contribution in [0.4, 0.5) is 5.69 Å². The summed E-state index contributed by atoms with van der Waals surface area (Å²) in [5.41, 5.74) is 10.2. The second-order valence-electron chi connectivity index (χ2n) is 12.4. The maximum Gasteiger partial charge on any atom is 0.254 e. The molecule has 2 bridgehead atoms. The quantitative estimate of drug-likeness (QED) is 0.305. The lowest BCUT2D eigenvalue weighted by Crippen LogP contribution is -2.58. The maximum absolute atomic E-state index is 13.2. The predicted octanol–water partition coefficient (Wildman–Crippen LogP) is 8.49. The molecule has 6 rings (SSSR count). The van der Waals surface area contributed by atoms with Gasteiger partial charge in [0.15, 0.2) is 0 Å². The molecule has 5 heteroatoms. The molecule has 4 fully saturated rings. The fraction of sp³-hybridized carbons (Fsp3) is 0.421. The molecule has 2 unspecified atom stereocenters. The van der Waals surface area contributed by atoms with Gasteiger partial charge in [-0.15, -0.1) is 0 Å². The largest absolute Gasteiger partial charge is 0.381 e. The topological polar surface area (TPSA) is 65.4 Å². The fourth-order valence-electron chi connectivity index (χ4n) is 6.78. The molecule has 43 heavy (non-hydrogen) atoms. The molecule has 0 aromatic heterocycles. The predicted molar refractivity (Wildman–Crippen MR) is 177 cm³/mol. The number of anilines is 1. The van der Waals surface area contributed by atoms with Gasteiger partial charge < -0.3 is 15.0 Å². The van der Waals surface area contributed by atoms with Crippen LogP contribution in [0.15, 0.2) is 72.4 Å². The van der Waals surface area contributed by atoms with Gasteiger partial charge in [-0.1, -0.05) is 63.1 Å². The minimum Gasteiger partial charge on any atom is -0.381 e. The van der Waals surface area contributed by atoms with E-state index in [9.17, 15) is 10.1 Å². The molecule has 0 spiro atoms. The highest BCUT2D eigenvalue weighted by atomic mass is 16.5. The molecule has 2 aromatic carbocycles. The number of hydrogen-bond acceptors (Lipinski definition) is 4. The first kappa shape index (κ1) is 30.6. The van der Waals surface area contributed by atoms with Gasteiger partial charge in [0, 0.05) is 31.1 Å². The van der Waals surface area contributed by atoms with Gasteiger partial charge in [-0.25, -0.2) is 0 Å². The number of fused-ring (bicyclic) bond motifs is 2. The second kappa shape index (κ2) is 13.6. The van der Waals surface area contributed by atoms with E-state index in [1.54, 1.807) is 0 Å². The molecule has 3 heterocycles. The van der Waals surface area contributed by atoms with Gasteiger partial charge in [0.1, 0.15) is 6.07 Å². The Morgan fingerprint density at radius 2 is 1.77 bits per heavy atom. The van der Waals surface area contributed by atoms with Crippen molar-refractivity contribution in [2.75, 3.05) is 18.4 Å². The fourth-order valence-corrected chi connectivity index (χ4v) is 6.78. The number of benzene rings is 2. The number of hydrogen-bond donors (Lipinski definition) is 1. The third-order valence-corrected chi connectivity index (χ3v) is 9.33. The highest BCUT2D eigenvalue weighted by Crippen LogP contribution is 2.33. The summed E-state index contributed by atoms with van der Waals surface area (Å²) in [6.07, 6.45) is 14.5. The van der Waals surface area contributed by atoms with Crippen LogP contribution < -0.4 is 5.32 Å². The van der Waals surface area contributed by atoms with E-state index in [2.05, 4.69) is 76.0 Å². The van der Waals surface area contributed by atoms with Crippen LogP contribution in [-0.4, -0.2) is 42.1 Å². The lowest BCUT2D eigenvalue weighted by Gasteiger charge is -2.47. The van der Waals surface area contributed by atoms with E-state index in [1.807, 2.05) is 29.2 Å². The number of rotatable bonds is 9. The smallest absolute Gasteiger partial charge is 0.254 e. The van der Waals surface area contributed by atoms with Crippen LogP contribution in [-0.2, 0) is 11.2 Å². The van der Waals surface area contributed by atoms with Crippen molar-refractivity contribution in [2.24, 2.45) is 0 Å². The first-order valence-corrected chi connectivity index (χ1v) is 15.9. The van der Waals surface area contributed by atoms with Crippen LogP contribution >= 0.6 is 0 Å². The molecule has 5 nitrogen and oxygen atoms in total. The number of morpholine rings is 1. The van der Waals surface area contributed by atoms with Crippen LogP contribution in [0.3, 0.4) is 0 Å². The van der Waals surface area contributed by atoms with Crippen LogP contribution in [0.25, 0.3) is 11.1 Å². The number of allylic oxidation sites excluding steroid dienone is 7. The molecule has 224 valence electrons. The molecule has 1 amide bonds. The number of nitrogens with one attached hydrogen (secondary N) is 1. The number of carbonyl (C=O) groups excluding carboxylic acids is 1. The molecule has 0 radical (unpaired) electrons. The molecule has 1 N–H and O–H groups in total. The SMILES string of the molecule is C=C\C=C(/C(C)=C(C)/C=C(\C)c1ccc(C(=O)N2CC3CC(C2)O3)cc1CC)c1ccc(NC2CCCCC2)c(C#N)c1. The molecular formula is C38H45N3O2. The summed E-state index contributed by atoms with van der Waals surface area (Å²) in [4.78, 5) is 15.2. The Kier molecular flexibility index (Phi) is 9.68. The number of nitriles is 1. The molecule has 2 aromatic rings. The third kappa shape index (κ3) is 6.86. The van der Waals surface area contributed by atoms with Crippen LogP contribution in [0.2, 0.25) is 0 Å². The van der Waals surface area contributed by atoms with E-state index < -0.39 is 0 Å². The summed E-state index contributed by atoms with van der Waals surface area (Å²) in [6, 6.07) is 15.2. The summed E-state index contributed by atoms with van der Waals surface area (Å²) < 4.78 is 5.72. The number of nitrogens with zero attached hydrogens (tertiary/aromatic N) is 2. The average molecular weight is 576 g/mol. The number of ether oxygens (including phenoxy) is 1. The monoisotopic (exact) mass is 575 g/mol. The maximum atomic E-state index is 13.2. The van der Waals surface area contributed by atoms with Crippen molar-refractivity contribution < 1.29 is 9.53 Å². The van der Waals surface area contributed by atoms with E-state index in [0.717, 1.165) is 70.4 Å². The van der Waals surface area contributed by atoms with E-state index in [1.165, 1.54) is 24.8 Å². The highest BCUT2D eigenvalue weighted by Gasteiger charge is 2.40. The Morgan fingerprint density at radius 1 is 1.07 bits per heavy atom. The Labute approximate surface area is 257 Å². The van der Waals surface area contributed by atoms with Gasteiger partial charge in [0.25, 0.3) is 5.91 Å². The van der Waals surface area contributed by atoms with Gasteiger partial charge in [0.05, 0.1) is 23.5 Å². The summed E-state index contributed by atoms with van der Waals surface area (Å²) in [5, 5.41) is 13.6. The normalized spacial score (nSPS) is 21.4. The number of aryl methyl sites for hydroxylation is 1. The van der Waals surface area contributed by atoms with Gasteiger partial charge in [-0.3, -0.25) is 4.79 Å². The molecule has 3 aliphatic heterocycles. The zero-order valence-electron chi connectivity index (χ0n) is 26.2. The van der Waals surface area contributed by atoms with Crippen LogP contribution in [0.5, 0.6) is 0 Å². The lowest BCUT2D eigenvalue weighted by molar-refractivity contribution is -0.171. The summed E-state index contributed by atoms with van der Waals surface area (Å²) >= 11 is 0. The number of piperidine rings is 1. The summed E-state index contributed by atoms with van der Waals surface area (Å²) in [5.74, 6) is 0.101. The summed E-state index contributed by atoms with van der Waals surface area (Å²) in [6.45, 7) is 13.9. The van der Waals surface area contributed by atoms with Gasteiger partial charge in [-0.2, -0.15) is 5.26 Å². The van der Waals surface area contributed by atoms with Crippen molar-refractivity contribution >= 4 is 22.7 Å². The van der Waals surface area contributed by atoms with Crippen molar-refractivity contribution in [1.82, 2.24) is 4.90 Å². The zero-order valence-corrected chi connectivity index (χ0v) is 26.2. The highest BCUT2D eigenvalue weighted by molar-refractivity contribution is 5.95. The molecular weight excluding hydrogens is 530 g/mol. The summed E-state index contributed by atoms with van der Waals surface area (Å²) in [7, 11) is 0. The van der Waals surface area contributed by atoms with E-state index in [0.29, 0.717) is 24.7 Å². The number of amides is 1. The number of carbonyl (C=O) groups is 1. The first-order chi connectivity index (χ1) is 20.8. The van der Waals surface area contributed by atoms with Crippen molar-refractivity contribution in [3.05, 3.63) is 100 Å². The van der Waals surface area contributed by atoms with E-state index in [-0.39, 0.29) is 18.1 Å². The third-order valence-electron chi connectivity index (χ3n) is 9.33. The van der Waals surface area contributed by atoms with Gasteiger partial charge in [0.2, 0.25) is 0 Å². The van der Waals surface area contributed by atoms with E-state index in [4.69, 9.17) is 4.74 Å². The Bertz CT molecular complexity index is 1500. The zero-order chi connectivity index (χ0) is 30.5. The van der Waals surface area contributed by atoms with Crippen molar-refractivity contribution in [3.8, 4) is 6.07 Å². The molecule has 3 saturated heterocycles. The van der Waals surface area contributed by atoms with Crippen molar-refractivity contribution in [3.63, 3.8) is 0 Å². The van der Waals surface area contributed by atoms with Crippen LogP contribution in [0.1, 0.15) is 98.8 Å². The average Bonchev–Trinajstić information content (AvgIpc) is 3.03. The standard InChI is InChI=1S/C38H45N3O2/c1-6-11-36(29-15-17-37(31(20-29)22-39)40-32-12-9-8-10-13-32)27(5)25(3)18-26(4)35-16-14-30(19-28(35)7-2)38(42)41-23-33-21-34(24-41)43-33/h6,11,14-20,32-34,40H,1,7-10,12-13,21,23-24H2,2-5H3/b26-18+,27-25+,36-11+. The van der Waals surface area contributed by atoms with Crippen LogP contribution in [0, 0.1) is 11.3 Å². The Balaban J connectivity index is 1.38. The molecule has 2 atom stereocenters. The van der Waals surface area contributed by atoms with Crippen molar-refractivity contribution in [2.45, 2.75) is 90.9 Å². The minimum atomic E-state index is 0.101. The van der Waals surface area contributed by atoms with Gasteiger partial charge >= 0.3 is 0 Å². The minimum absolute atomic E-state index is 0.101. The molecule has 4 aliphatic rings. The van der Waals surface area contributed by atoms with Gasteiger partial charge in [-0.05, 0) is 103 Å².